The first-order valence-electron chi connectivity index (χ1n) is 3.20. The van der Waals surface area contributed by atoms with Crippen LogP contribution in [0, 0.1) is 4.91 Å². The first kappa shape index (κ1) is 6.15. The SMILES string of the molecule is O=C1C=C2C=NC=C2[N+](=O)C1. The Kier molecular flexibility index (Phi) is 1.09. The van der Waals surface area contributed by atoms with Crippen LogP contribution in [0.15, 0.2) is 28.5 Å². The van der Waals surface area contributed by atoms with Crippen molar-refractivity contribution in [2.24, 2.45) is 4.99 Å². The Morgan fingerprint density at radius 3 is 3.18 bits per heavy atom. The van der Waals surface area contributed by atoms with E-state index in [1.165, 1.54) is 18.5 Å². The number of nitroso groups, excluding NO2 is 1. The van der Waals surface area contributed by atoms with Crippen LogP contribution in [0.2, 0.25) is 0 Å². The fourth-order valence-corrected chi connectivity index (χ4v) is 1.09. The number of hydrogen-bond donors (Lipinski definition) is 0. The number of rotatable bonds is 0. The maximum Gasteiger partial charge on any atom is 0.283 e. The van der Waals surface area contributed by atoms with Crippen LogP contribution in [0.5, 0.6) is 0 Å². The Labute approximate surface area is 62.5 Å². The standard InChI is InChI=1S/C7H5N2O2/c10-6-1-5-2-8-3-7(5)9(11)4-6/h1-3H,4H2/q+1. The predicted octanol–water partition coefficient (Wildman–Crippen LogP) is 0.200. The van der Waals surface area contributed by atoms with Crippen molar-refractivity contribution < 1.29 is 9.55 Å². The maximum absolute atomic E-state index is 11.0. The minimum atomic E-state index is -0.166. The van der Waals surface area contributed by atoms with Gasteiger partial charge in [0.2, 0.25) is 5.78 Å². The first-order valence-corrected chi connectivity index (χ1v) is 3.20. The second-order valence-corrected chi connectivity index (χ2v) is 2.40. The summed E-state index contributed by atoms with van der Waals surface area (Å²) in [5.74, 6) is -0.166. The lowest BCUT2D eigenvalue weighted by molar-refractivity contribution is -0.483. The van der Waals surface area contributed by atoms with Gasteiger partial charge in [-0.25, -0.2) is 0 Å². The van der Waals surface area contributed by atoms with Crippen molar-refractivity contribution in [3.63, 3.8) is 0 Å². The summed E-state index contributed by atoms with van der Waals surface area (Å²) in [5.41, 5.74) is 1.11. The molecule has 0 bridgehead atoms. The molecule has 0 aliphatic carbocycles. The van der Waals surface area contributed by atoms with E-state index in [0.29, 0.717) is 16.0 Å². The smallest absolute Gasteiger partial charge is 0.283 e. The van der Waals surface area contributed by atoms with Gasteiger partial charge >= 0.3 is 0 Å². The van der Waals surface area contributed by atoms with E-state index in [4.69, 9.17) is 0 Å². The van der Waals surface area contributed by atoms with Crippen LogP contribution in [0.3, 0.4) is 0 Å². The third kappa shape index (κ3) is 0.832. The molecule has 0 aromatic rings. The molecule has 0 fully saturated rings. The molecule has 4 heteroatoms. The van der Waals surface area contributed by atoms with Gasteiger partial charge in [0.15, 0.2) is 0 Å². The van der Waals surface area contributed by atoms with Crippen LogP contribution in [-0.4, -0.2) is 23.3 Å². The van der Waals surface area contributed by atoms with Gasteiger partial charge in [-0.05, 0) is 0 Å². The number of carbonyl (C=O) groups excluding carboxylic acids is 1. The highest BCUT2D eigenvalue weighted by atomic mass is 16.3. The van der Waals surface area contributed by atoms with Gasteiger partial charge < -0.3 is 0 Å². The van der Waals surface area contributed by atoms with E-state index in [2.05, 4.69) is 4.99 Å². The zero-order valence-electron chi connectivity index (χ0n) is 5.65. The van der Waals surface area contributed by atoms with E-state index in [0.717, 1.165) is 0 Å². The third-order valence-electron chi connectivity index (χ3n) is 1.59. The highest BCUT2D eigenvalue weighted by molar-refractivity contribution is 6.01. The van der Waals surface area contributed by atoms with Crippen molar-refractivity contribution in [2.75, 3.05) is 6.54 Å². The molecule has 2 rings (SSSR count). The Morgan fingerprint density at radius 2 is 2.36 bits per heavy atom. The third-order valence-corrected chi connectivity index (χ3v) is 1.59. The Balaban J connectivity index is 2.53. The number of fused-ring (bicyclic) bond motifs is 1. The number of hydrogen-bond acceptors (Lipinski definition) is 3. The quantitative estimate of drug-likeness (QED) is 0.462. The Morgan fingerprint density at radius 1 is 1.55 bits per heavy atom. The molecule has 0 aromatic heterocycles. The molecule has 0 saturated heterocycles. The van der Waals surface area contributed by atoms with Crippen LogP contribution < -0.4 is 0 Å². The lowest BCUT2D eigenvalue weighted by Gasteiger charge is -1.98. The van der Waals surface area contributed by atoms with E-state index in [9.17, 15) is 9.70 Å². The fraction of sp³-hybridized carbons (Fsp3) is 0.143. The molecular formula is C7H5N2O2+. The summed E-state index contributed by atoms with van der Waals surface area (Å²) >= 11 is 0. The van der Waals surface area contributed by atoms with Gasteiger partial charge in [0.05, 0.1) is 5.57 Å². The van der Waals surface area contributed by atoms with E-state index in [1.54, 1.807) is 0 Å². The monoisotopic (exact) mass is 149 g/mol. The summed E-state index contributed by atoms with van der Waals surface area (Å²) in [5, 5.41) is 0. The van der Waals surface area contributed by atoms with Crippen molar-refractivity contribution >= 4 is 12.0 Å². The van der Waals surface area contributed by atoms with E-state index >= 15 is 0 Å². The Bertz CT molecular complexity index is 336. The number of ketones is 1. The average molecular weight is 149 g/mol. The second-order valence-electron chi connectivity index (χ2n) is 2.40. The predicted molar refractivity (Wildman–Crippen MR) is 38.2 cm³/mol. The van der Waals surface area contributed by atoms with Crippen molar-refractivity contribution in [3.8, 4) is 0 Å². The molecule has 2 heterocycles. The lowest BCUT2D eigenvalue weighted by Crippen LogP contribution is -2.22. The van der Waals surface area contributed by atoms with Crippen LogP contribution >= 0.6 is 0 Å². The van der Waals surface area contributed by atoms with Crippen molar-refractivity contribution in [1.82, 2.24) is 0 Å². The van der Waals surface area contributed by atoms with E-state index < -0.39 is 0 Å². The largest absolute Gasteiger partial charge is 0.287 e. The summed E-state index contributed by atoms with van der Waals surface area (Å²) in [6.07, 6.45) is 4.42. The lowest BCUT2D eigenvalue weighted by atomic mass is 10.1. The van der Waals surface area contributed by atoms with Gasteiger partial charge in [0, 0.05) is 22.0 Å². The second kappa shape index (κ2) is 1.95. The number of carbonyl (C=O) groups is 1. The normalized spacial score (nSPS) is 21.5. The number of nitrogens with zero attached hydrogens (tertiary/aromatic N) is 2. The summed E-state index contributed by atoms with van der Waals surface area (Å²) in [6, 6.07) is 0. The summed E-state index contributed by atoms with van der Waals surface area (Å²) in [7, 11) is 0. The molecule has 0 aromatic carbocycles. The summed E-state index contributed by atoms with van der Waals surface area (Å²) in [6.45, 7) is -0.0846. The van der Waals surface area contributed by atoms with Gasteiger partial charge in [0.1, 0.15) is 6.20 Å². The van der Waals surface area contributed by atoms with Crippen LogP contribution in [0.4, 0.5) is 0 Å². The number of allylic oxidation sites excluding steroid dienone is 1. The highest BCUT2D eigenvalue weighted by Gasteiger charge is 2.31. The molecule has 11 heavy (non-hydrogen) atoms. The maximum atomic E-state index is 11.0. The zero-order valence-corrected chi connectivity index (χ0v) is 5.65. The van der Waals surface area contributed by atoms with Crippen molar-refractivity contribution in [2.45, 2.75) is 0 Å². The fourth-order valence-electron chi connectivity index (χ4n) is 1.09. The Hall–Kier alpha value is -1.58. The number of aliphatic imine (C=N–C) groups is 1. The molecule has 0 N–H and O–H groups in total. The van der Waals surface area contributed by atoms with Crippen LogP contribution in [0.1, 0.15) is 0 Å². The molecule has 0 saturated carbocycles. The van der Waals surface area contributed by atoms with Crippen molar-refractivity contribution in [3.05, 3.63) is 28.5 Å². The van der Waals surface area contributed by atoms with Crippen LogP contribution in [0.25, 0.3) is 0 Å². The van der Waals surface area contributed by atoms with E-state index in [-0.39, 0.29) is 12.3 Å². The van der Waals surface area contributed by atoms with Gasteiger partial charge in [-0.1, -0.05) is 0 Å². The van der Waals surface area contributed by atoms with Gasteiger partial charge in [-0.3, -0.25) is 9.79 Å². The molecule has 2 aliphatic rings. The zero-order chi connectivity index (χ0) is 7.84. The summed E-state index contributed by atoms with van der Waals surface area (Å²) < 4.78 is 0.657. The molecule has 2 aliphatic heterocycles. The average Bonchev–Trinajstić information content (AvgIpc) is 2.34. The first-order chi connectivity index (χ1) is 5.27. The molecule has 0 amide bonds. The molecule has 54 valence electrons. The molecule has 4 nitrogen and oxygen atoms in total. The molecule has 0 atom stereocenters. The summed E-state index contributed by atoms with van der Waals surface area (Å²) in [4.78, 5) is 25.6. The molecule has 0 unspecified atom stereocenters. The molecule has 0 radical (unpaired) electrons. The van der Waals surface area contributed by atoms with Crippen molar-refractivity contribution in [1.29, 1.82) is 0 Å². The minimum absolute atomic E-state index is 0.0846. The van der Waals surface area contributed by atoms with E-state index in [1.807, 2.05) is 0 Å². The van der Waals surface area contributed by atoms with Crippen LogP contribution in [-0.2, 0) is 4.79 Å². The molecule has 0 spiro atoms. The van der Waals surface area contributed by atoms with Gasteiger partial charge in [-0.2, -0.15) is 0 Å². The van der Waals surface area contributed by atoms with Gasteiger partial charge in [0.25, 0.3) is 12.2 Å². The topological polar surface area (TPSA) is 49.5 Å². The highest BCUT2D eigenvalue weighted by Crippen LogP contribution is 2.18. The minimum Gasteiger partial charge on any atom is -0.287 e. The molecular weight excluding hydrogens is 144 g/mol. The van der Waals surface area contributed by atoms with Gasteiger partial charge in [-0.15, -0.1) is 0 Å².